The minimum Gasteiger partial charge on any atom is -0.416 e. The summed E-state index contributed by atoms with van der Waals surface area (Å²) in [5, 5.41) is 15.6. The molecule has 4 aromatic rings. The summed E-state index contributed by atoms with van der Waals surface area (Å²) in [6, 6.07) is 6.01. The first kappa shape index (κ1) is 22.0. The lowest BCUT2D eigenvalue weighted by Gasteiger charge is -2.23. The summed E-state index contributed by atoms with van der Waals surface area (Å²) in [6.07, 6.45) is -1.10. The van der Waals surface area contributed by atoms with E-state index in [-0.39, 0.29) is 35.7 Å². The number of nitrogens with one attached hydrogen (secondary N) is 2. The van der Waals surface area contributed by atoms with Crippen LogP contribution in [-0.2, 0) is 6.18 Å². The zero-order valence-electron chi connectivity index (χ0n) is 16.5. The van der Waals surface area contributed by atoms with Gasteiger partial charge in [0.1, 0.15) is 11.2 Å². The van der Waals surface area contributed by atoms with Crippen molar-refractivity contribution in [3.05, 3.63) is 58.1 Å². The van der Waals surface area contributed by atoms with Gasteiger partial charge in [0.25, 0.3) is 11.4 Å². The smallest absolute Gasteiger partial charge is 0.416 e. The number of aromatic amines is 1. The molecule has 0 unspecified atom stereocenters. The van der Waals surface area contributed by atoms with Crippen LogP contribution in [0.5, 0.6) is 0 Å². The van der Waals surface area contributed by atoms with Crippen molar-refractivity contribution in [3.63, 3.8) is 0 Å². The third kappa shape index (κ3) is 4.00. The van der Waals surface area contributed by atoms with Crippen LogP contribution in [0.3, 0.4) is 0 Å². The van der Waals surface area contributed by atoms with Crippen molar-refractivity contribution in [2.24, 2.45) is 0 Å². The van der Waals surface area contributed by atoms with Crippen LogP contribution in [0.4, 0.5) is 13.2 Å². The molecule has 168 valence electrons. The number of alkyl halides is 3. The number of rotatable bonds is 3. The number of aromatic nitrogens is 5. The van der Waals surface area contributed by atoms with Crippen molar-refractivity contribution in [2.75, 3.05) is 13.1 Å². The van der Waals surface area contributed by atoms with Crippen molar-refractivity contribution in [3.8, 4) is 22.9 Å². The van der Waals surface area contributed by atoms with Gasteiger partial charge in [-0.1, -0.05) is 0 Å². The molecule has 0 bridgehead atoms. The summed E-state index contributed by atoms with van der Waals surface area (Å²) < 4.78 is 45.7. The fourth-order valence-corrected chi connectivity index (χ4v) is 3.83. The van der Waals surface area contributed by atoms with E-state index in [2.05, 4.69) is 25.6 Å². The van der Waals surface area contributed by atoms with Gasteiger partial charge in [-0.15, -0.1) is 22.6 Å². The molecule has 1 aliphatic heterocycles. The Bertz CT molecular complexity index is 1290. The molecular formula is C20H18ClF3N6O2. The third-order valence-electron chi connectivity index (χ3n) is 5.41. The molecule has 1 fully saturated rings. The molecule has 8 nitrogen and oxygen atoms in total. The Hall–Kier alpha value is -3.18. The predicted molar refractivity (Wildman–Crippen MR) is 112 cm³/mol. The lowest BCUT2D eigenvalue weighted by atomic mass is 9.94. The third-order valence-corrected chi connectivity index (χ3v) is 5.41. The summed E-state index contributed by atoms with van der Waals surface area (Å²) in [5.74, 6) is 0.382. The number of nitrogens with zero attached hydrogens (tertiary/aromatic N) is 4. The van der Waals surface area contributed by atoms with Crippen LogP contribution in [0.2, 0.25) is 0 Å². The predicted octanol–water partition coefficient (Wildman–Crippen LogP) is 3.65. The molecule has 1 aliphatic rings. The van der Waals surface area contributed by atoms with Gasteiger partial charge < -0.3 is 14.7 Å². The second-order valence-electron chi connectivity index (χ2n) is 7.39. The Labute approximate surface area is 185 Å². The first-order chi connectivity index (χ1) is 14.9. The lowest BCUT2D eigenvalue weighted by Crippen LogP contribution is -2.28. The maximum absolute atomic E-state index is 12.8. The average molecular weight is 467 g/mol. The van der Waals surface area contributed by atoms with Crippen LogP contribution in [-0.4, -0.2) is 37.9 Å². The molecule has 0 aliphatic carbocycles. The fourth-order valence-electron chi connectivity index (χ4n) is 3.83. The number of halogens is 4. The van der Waals surface area contributed by atoms with E-state index in [4.69, 9.17) is 4.42 Å². The molecule has 0 radical (unpaired) electrons. The minimum absolute atomic E-state index is 0. The number of benzene rings is 1. The topological polar surface area (TPSA) is 101 Å². The Balaban J connectivity index is 0.00000245. The Morgan fingerprint density at radius 2 is 1.75 bits per heavy atom. The molecular weight excluding hydrogens is 449 g/mol. The molecule has 2 N–H and O–H groups in total. The summed E-state index contributed by atoms with van der Waals surface area (Å²) in [6.45, 7) is 1.74. The Morgan fingerprint density at radius 3 is 2.44 bits per heavy atom. The molecule has 0 saturated carbocycles. The van der Waals surface area contributed by atoms with Gasteiger partial charge in [0.15, 0.2) is 0 Å². The zero-order chi connectivity index (χ0) is 21.6. The van der Waals surface area contributed by atoms with E-state index in [0.29, 0.717) is 16.8 Å². The van der Waals surface area contributed by atoms with Crippen molar-refractivity contribution in [2.45, 2.75) is 24.9 Å². The standard InChI is InChI=1S/C20H17F3N6O2.ClH/c21-20(22,23)13-3-1-12(2-4-13)18-27-28-19(31-18)14-10-25-29-15(9-16(30)26-17(14)29)11-5-7-24-8-6-11;/h1-4,9-11,24H,5-8H2,(H,26,30);1H. The molecule has 32 heavy (non-hydrogen) atoms. The van der Waals surface area contributed by atoms with Crippen LogP contribution < -0.4 is 10.9 Å². The molecule has 1 saturated heterocycles. The fraction of sp³-hybridized carbons (Fsp3) is 0.300. The molecule has 3 aromatic heterocycles. The molecule has 0 spiro atoms. The Kier molecular flexibility index (Phi) is 5.78. The Morgan fingerprint density at radius 1 is 1.06 bits per heavy atom. The normalized spacial score (nSPS) is 15.1. The van der Waals surface area contributed by atoms with Gasteiger partial charge in [-0.3, -0.25) is 4.79 Å². The average Bonchev–Trinajstić information content (AvgIpc) is 3.40. The van der Waals surface area contributed by atoms with Gasteiger partial charge in [-0.05, 0) is 50.2 Å². The van der Waals surface area contributed by atoms with Gasteiger partial charge >= 0.3 is 6.18 Å². The number of hydrogen-bond donors (Lipinski definition) is 2. The maximum atomic E-state index is 12.8. The van der Waals surface area contributed by atoms with E-state index in [1.54, 1.807) is 10.6 Å². The maximum Gasteiger partial charge on any atom is 0.416 e. The molecule has 4 heterocycles. The second kappa shape index (κ2) is 8.40. The first-order valence-corrected chi connectivity index (χ1v) is 9.73. The first-order valence-electron chi connectivity index (χ1n) is 9.73. The zero-order valence-corrected chi connectivity index (χ0v) is 17.3. The molecule has 0 amide bonds. The molecule has 12 heteroatoms. The van der Waals surface area contributed by atoms with Crippen LogP contribution in [0.1, 0.15) is 30.0 Å². The van der Waals surface area contributed by atoms with E-state index in [9.17, 15) is 18.0 Å². The van der Waals surface area contributed by atoms with Gasteiger partial charge in [-0.25, -0.2) is 4.52 Å². The number of hydrogen-bond acceptors (Lipinski definition) is 6. The summed E-state index contributed by atoms with van der Waals surface area (Å²) >= 11 is 0. The quantitative estimate of drug-likeness (QED) is 0.478. The van der Waals surface area contributed by atoms with Gasteiger partial charge in [-0.2, -0.15) is 18.3 Å². The van der Waals surface area contributed by atoms with Gasteiger partial charge in [0, 0.05) is 17.5 Å². The number of piperidine rings is 1. The largest absolute Gasteiger partial charge is 0.416 e. The monoisotopic (exact) mass is 466 g/mol. The molecule has 1 aromatic carbocycles. The molecule has 5 rings (SSSR count). The number of fused-ring (bicyclic) bond motifs is 1. The van der Waals surface area contributed by atoms with Crippen LogP contribution in [0.15, 0.2) is 45.7 Å². The van der Waals surface area contributed by atoms with Crippen molar-refractivity contribution >= 4 is 18.1 Å². The lowest BCUT2D eigenvalue weighted by molar-refractivity contribution is -0.137. The summed E-state index contributed by atoms with van der Waals surface area (Å²) in [7, 11) is 0. The molecule has 0 atom stereocenters. The highest BCUT2D eigenvalue weighted by Crippen LogP contribution is 2.32. The van der Waals surface area contributed by atoms with Crippen LogP contribution >= 0.6 is 12.4 Å². The van der Waals surface area contributed by atoms with Gasteiger partial charge in [0.2, 0.25) is 5.89 Å². The summed E-state index contributed by atoms with van der Waals surface area (Å²) in [4.78, 5) is 15.1. The van der Waals surface area contributed by atoms with E-state index < -0.39 is 11.7 Å². The van der Waals surface area contributed by atoms with Gasteiger partial charge in [0.05, 0.1) is 17.5 Å². The number of H-pyrrole nitrogens is 1. The van der Waals surface area contributed by atoms with Crippen molar-refractivity contribution in [1.82, 2.24) is 30.1 Å². The second-order valence-corrected chi connectivity index (χ2v) is 7.39. The van der Waals surface area contributed by atoms with E-state index in [1.807, 2.05) is 0 Å². The highest BCUT2D eigenvalue weighted by Gasteiger charge is 2.30. The van der Waals surface area contributed by atoms with Crippen molar-refractivity contribution < 1.29 is 17.6 Å². The van der Waals surface area contributed by atoms with E-state index in [0.717, 1.165) is 43.8 Å². The summed E-state index contributed by atoms with van der Waals surface area (Å²) in [5.41, 5.74) is 1.02. The SMILES string of the molecule is Cl.O=c1cc(C2CCNCC2)n2ncc(-c3nnc(-c4ccc(C(F)(F)F)cc4)o3)c2[nH]1. The van der Waals surface area contributed by atoms with E-state index >= 15 is 0 Å². The van der Waals surface area contributed by atoms with Crippen molar-refractivity contribution in [1.29, 1.82) is 0 Å². The van der Waals surface area contributed by atoms with Crippen LogP contribution in [0, 0.1) is 0 Å². The highest BCUT2D eigenvalue weighted by molar-refractivity contribution is 5.85. The minimum atomic E-state index is -4.42. The van der Waals surface area contributed by atoms with Crippen LogP contribution in [0.25, 0.3) is 28.6 Å². The highest BCUT2D eigenvalue weighted by atomic mass is 35.5. The van der Waals surface area contributed by atoms with E-state index in [1.165, 1.54) is 18.3 Å².